The Labute approximate surface area is 168 Å². The molecule has 11 heteroatoms. The van der Waals surface area contributed by atoms with Crippen LogP contribution in [0.15, 0.2) is 36.8 Å². The van der Waals surface area contributed by atoms with Gasteiger partial charge >= 0.3 is 0 Å². The molecular formula is C18H14ClFN8O. The molecular weight excluding hydrogens is 399 g/mol. The summed E-state index contributed by atoms with van der Waals surface area (Å²) in [5, 5.41) is 13.1. The molecule has 0 spiro atoms. The van der Waals surface area contributed by atoms with E-state index in [0.717, 1.165) is 0 Å². The quantitative estimate of drug-likeness (QED) is 0.469. The molecule has 9 nitrogen and oxygen atoms in total. The molecule has 1 aliphatic heterocycles. The molecule has 4 aromatic rings. The van der Waals surface area contributed by atoms with Crippen molar-refractivity contribution in [2.75, 3.05) is 6.54 Å². The van der Waals surface area contributed by atoms with Crippen LogP contribution in [0.1, 0.15) is 29.3 Å². The van der Waals surface area contributed by atoms with Gasteiger partial charge in [-0.15, -0.1) is 10.2 Å². The van der Waals surface area contributed by atoms with Crippen LogP contribution >= 0.6 is 11.6 Å². The van der Waals surface area contributed by atoms with Crippen molar-refractivity contribution in [3.63, 3.8) is 0 Å². The second kappa shape index (κ2) is 6.59. The van der Waals surface area contributed by atoms with Crippen molar-refractivity contribution in [1.82, 2.24) is 39.2 Å². The number of hydrogen-bond donors (Lipinski definition) is 0. The van der Waals surface area contributed by atoms with E-state index in [1.54, 1.807) is 29.3 Å². The third-order valence-corrected chi connectivity index (χ3v) is 5.14. The SMILES string of the molecule is CC1c2nnc(-c3cccnc3F)n2CCN1C(=O)c1cc2ncc(Cl)cn2n1. The highest BCUT2D eigenvalue weighted by molar-refractivity contribution is 6.30. The van der Waals surface area contributed by atoms with Gasteiger partial charge in [-0.05, 0) is 19.1 Å². The molecule has 0 saturated carbocycles. The summed E-state index contributed by atoms with van der Waals surface area (Å²) in [5.41, 5.74) is 1.07. The number of amides is 1. The standard InChI is InChI=1S/C18H14ClFN8O/c1-10-16-23-24-17(12-3-2-4-21-15(12)20)27(16)6-5-26(10)18(29)13-7-14-22-8-11(19)9-28(14)25-13/h2-4,7-10H,5-6H2,1H3. The highest BCUT2D eigenvalue weighted by atomic mass is 35.5. The summed E-state index contributed by atoms with van der Waals surface area (Å²) in [7, 11) is 0. The number of fused-ring (bicyclic) bond motifs is 2. The summed E-state index contributed by atoms with van der Waals surface area (Å²) in [6, 6.07) is 4.50. The topological polar surface area (TPSA) is 94.1 Å². The van der Waals surface area contributed by atoms with Crippen LogP contribution in [0.2, 0.25) is 5.02 Å². The molecule has 0 aromatic carbocycles. The highest BCUT2D eigenvalue weighted by Gasteiger charge is 2.33. The minimum atomic E-state index is -0.607. The Hall–Kier alpha value is -3.40. The Morgan fingerprint density at radius 2 is 2.14 bits per heavy atom. The van der Waals surface area contributed by atoms with Crippen LogP contribution < -0.4 is 0 Å². The largest absolute Gasteiger partial charge is 0.325 e. The van der Waals surface area contributed by atoms with Gasteiger partial charge in [-0.2, -0.15) is 9.49 Å². The fourth-order valence-corrected chi connectivity index (χ4v) is 3.66. The Bertz CT molecular complexity index is 1250. The monoisotopic (exact) mass is 412 g/mol. The van der Waals surface area contributed by atoms with Crippen LogP contribution in [0.25, 0.3) is 17.0 Å². The van der Waals surface area contributed by atoms with Gasteiger partial charge in [0.05, 0.1) is 22.8 Å². The van der Waals surface area contributed by atoms with E-state index in [1.165, 1.54) is 16.9 Å². The lowest BCUT2D eigenvalue weighted by Gasteiger charge is -2.33. The average Bonchev–Trinajstić information content (AvgIpc) is 3.32. The highest BCUT2D eigenvalue weighted by Crippen LogP contribution is 2.30. The summed E-state index contributed by atoms with van der Waals surface area (Å²) in [5.74, 6) is 0.121. The maximum atomic E-state index is 14.1. The summed E-state index contributed by atoms with van der Waals surface area (Å²) in [6.45, 7) is 2.69. The van der Waals surface area contributed by atoms with Crippen molar-refractivity contribution >= 4 is 23.2 Å². The first-order valence-corrected chi connectivity index (χ1v) is 9.26. The van der Waals surface area contributed by atoms with Crippen molar-refractivity contribution in [3.05, 3.63) is 59.3 Å². The van der Waals surface area contributed by atoms with E-state index in [0.29, 0.717) is 35.4 Å². The van der Waals surface area contributed by atoms with Crippen molar-refractivity contribution in [1.29, 1.82) is 0 Å². The number of nitrogens with zero attached hydrogens (tertiary/aromatic N) is 8. The molecule has 1 aliphatic rings. The van der Waals surface area contributed by atoms with Gasteiger partial charge in [0.15, 0.2) is 23.0 Å². The first kappa shape index (κ1) is 17.7. The minimum Gasteiger partial charge on any atom is -0.325 e. The van der Waals surface area contributed by atoms with E-state index >= 15 is 0 Å². The maximum absolute atomic E-state index is 14.1. The third kappa shape index (κ3) is 2.83. The number of carbonyl (C=O) groups excluding carboxylic acids is 1. The van der Waals surface area contributed by atoms with Crippen LogP contribution in [0.5, 0.6) is 0 Å². The lowest BCUT2D eigenvalue weighted by atomic mass is 10.1. The fourth-order valence-electron chi connectivity index (χ4n) is 3.52. The van der Waals surface area contributed by atoms with Gasteiger partial charge in [-0.25, -0.2) is 14.5 Å². The second-order valence-electron chi connectivity index (χ2n) is 6.65. The van der Waals surface area contributed by atoms with Gasteiger partial charge in [0, 0.05) is 31.5 Å². The van der Waals surface area contributed by atoms with Gasteiger partial charge in [-0.1, -0.05) is 11.6 Å². The van der Waals surface area contributed by atoms with Crippen LogP contribution in [0, 0.1) is 5.95 Å². The smallest absolute Gasteiger partial charge is 0.275 e. The van der Waals surface area contributed by atoms with E-state index in [9.17, 15) is 9.18 Å². The van der Waals surface area contributed by atoms with Gasteiger partial charge < -0.3 is 9.47 Å². The molecule has 0 aliphatic carbocycles. The van der Waals surface area contributed by atoms with Crippen LogP contribution in [-0.2, 0) is 6.54 Å². The number of halogens is 2. The number of hydrogen-bond acceptors (Lipinski definition) is 6. The van der Waals surface area contributed by atoms with Gasteiger partial charge in [0.25, 0.3) is 5.91 Å². The summed E-state index contributed by atoms with van der Waals surface area (Å²) < 4.78 is 17.4. The Kier molecular flexibility index (Phi) is 4.02. The molecule has 0 fully saturated rings. The third-order valence-electron chi connectivity index (χ3n) is 4.95. The Morgan fingerprint density at radius 3 is 2.97 bits per heavy atom. The van der Waals surface area contributed by atoms with E-state index in [-0.39, 0.29) is 23.2 Å². The molecule has 0 bridgehead atoms. The zero-order valence-corrected chi connectivity index (χ0v) is 16.0. The minimum absolute atomic E-state index is 0.248. The van der Waals surface area contributed by atoms with E-state index in [1.807, 2.05) is 11.5 Å². The fraction of sp³-hybridized carbons (Fsp3) is 0.222. The Balaban J connectivity index is 1.47. The maximum Gasteiger partial charge on any atom is 0.275 e. The first-order chi connectivity index (χ1) is 14.0. The Morgan fingerprint density at radius 1 is 1.28 bits per heavy atom. The van der Waals surface area contributed by atoms with Crippen molar-refractivity contribution < 1.29 is 9.18 Å². The number of rotatable bonds is 2. The van der Waals surface area contributed by atoms with Gasteiger partial charge in [0.1, 0.15) is 0 Å². The molecule has 0 radical (unpaired) electrons. The molecule has 1 amide bonds. The second-order valence-corrected chi connectivity index (χ2v) is 7.09. The molecule has 29 heavy (non-hydrogen) atoms. The van der Waals surface area contributed by atoms with Crippen molar-refractivity contribution in [2.45, 2.75) is 19.5 Å². The molecule has 1 atom stereocenters. The number of carbonyl (C=O) groups is 1. The predicted molar refractivity (Wildman–Crippen MR) is 101 cm³/mol. The van der Waals surface area contributed by atoms with E-state index in [2.05, 4.69) is 25.3 Å². The van der Waals surface area contributed by atoms with Crippen LogP contribution in [-0.4, -0.2) is 51.7 Å². The summed E-state index contributed by atoms with van der Waals surface area (Å²) >= 11 is 5.93. The van der Waals surface area contributed by atoms with Crippen molar-refractivity contribution in [3.8, 4) is 11.4 Å². The first-order valence-electron chi connectivity index (χ1n) is 8.89. The molecule has 1 unspecified atom stereocenters. The zero-order chi connectivity index (χ0) is 20.1. The molecule has 146 valence electrons. The number of aromatic nitrogens is 7. The molecule has 5 heterocycles. The predicted octanol–water partition coefficient (Wildman–Crippen LogP) is 2.39. The molecule has 4 aromatic heterocycles. The molecule has 0 saturated heterocycles. The number of pyridine rings is 1. The van der Waals surface area contributed by atoms with Crippen LogP contribution in [0.3, 0.4) is 0 Å². The van der Waals surface area contributed by atoms with Gasteiger partial charge in [-0.3, -0.25) is 4.79 Å². The summed E-state index contributed by atoms with van der Waals surface area (Å²) in [4.78, 5) is 22.6. The molecule has 0 N–H and O–H groups in total. The zero-order valence-electron chi connectivity index (χ0n) is 15.2. The summed E-state index contributed by atoms with van der Waals surface area (Å²) in [6.07, 6.45) is 4.47. The van der Waals surface area contributed by atoms with Crippen molar-refractivity contribution in [2.24, 2.45) is 0 Å². The van der Waals surface area contributed by atoms with E-state index < -0.39 is 5.95 Å². The normalized spacial score (nSPS) is 16.2. The van der Waals surface area contributed by atoms with E-state index in [4.69, 9.17) is 11.6 Å². The van der Waals surface area contributed by atoms with Gasteiger partial charge in [0.2, 0.25) is 5.95 Å². The van der Waals surface area contributed by atoms with Crippen LogP contribution in [0.4, 0.5) is 4.39 Å². The lowest BCUT2D eigenvalue weighted by molar-refractivity contribution is 0.0632. The molecule has 5 rings (SSSR count). The lowest BCUT2D eigenvalue weighted by Crippen LogP contribution is -2.41. The average molecular weight is 413 g/mol.